The first-order chi connectivity index (χ1) is 13.1. The van der Waals surface area contributed by atoms with Crippen molar-refractivity contribution in [3.8, 4) is 11.5 Å². The minimum absolute atomic E-state index is 0.181. The van der Waals surface area contributed by atoms with Crippen LogP contribution in [0.25, 0.3) is 0 Å². The summed E-state index contributed by atoms with van der Waals surface area (Å²) in [5.74, 6) is 1.22. The van der Waals surface area contributed by atoms with E-state index in [-0.39, 0.29) is 17.7 Å². The van der Waals surface area contributed by atoms with Gasteiger partial charge >= 0.3 is 0 Å². The Morgan fingerprint density at radius 2 is 1.81 bits per heavy atom. The summed E-state index contributed by atoms with van der Waals surface area (Å²) >= 11 is 0. The summed E-state index contributed by atoms with van der Waals surface area (Å²) in [6.45, 7) is 0.720. The van der Waals surface area contributed by atoms with Gasteiger partial charge in [-0.3, -0.25) is 9.59 Å². The highest BCUT2D eigenvalue weighted by Gasteiger charge is 2.36. The summed E-state index contributed by atoms with van der Waals surface area (Å²) in [5, 5.41) is 2.91. The van der Waals surface area contributed by atoms with Gasteiger partial charge in [-0.25, -0.2) is 0 Å². The minimum atomic E-state index is -0.242. The summed E-state index contributed by atoms with van der Waals surface area (Å²) in [6, 6.07) is 10.8. The first kappa shape index (κ1) is 17.4. The van der Waals surface area contributed by atoms with Gasteiger partial charge in [0.25, 0.3) is 5.91 Å². The fraction of sp³-hybridized carbons (Fsp3) is 0.333. The number of carbonyl (C=O) groups excluding carboxylic acids is 2. The number of nitrogens with one attached hydrogen (secondary N) is 1. The first-order valence-corrected chi connectivity index (χ1v) is 9.08. The Hall–Kier alpha value is -3.02. The quantitative estimate of drug-likeness (QED) is 0.882. The highest BCUT2D eigenvalue weighted by atomic mass is 16.5. The number of anilines is 2. The van der Waals surface area contributed by atoms with Crippen molar-refractivity contribution < 1.29 is 19.1 Å². The van der Waals surface area contributed by atoms with E-state index >= 15 is 0 Å². The molecular weight excluding hydrogens is 344 g/mol. The maximum Gasteiger partial charge on any atom is 0.255 e. The highest BCUT2D eigenvalue weighted by Crippen LogP contribution is 2.37. The molecule has 0 aromatic heterocycles. The molecule has 2 aliphatic rings. The van der Waals surface area contributed by atoms with E-state index in [1.54, 1.807) is 25.3 Å². The third kappa shape index (κ3) is 3.35. The molecule has 1 aliphatic heterocycles. The van der Waals surface area contributed by atoms with Crippen LogP contribution in [0.2, 0.25) is 0 Å². The van der Waals surface area contributed by atoms with E-state index in [1.165, 1.54) is 7.11 Å². The summed E-state index contributed by atoms with van der Waals surface area (Å²) in [6.07, 6.45) is 2.83. The number of carbonyl (C=O) groups is 2. The monoisotopic (exact) mass is 366 g/mol. The number of ether oxygens (including phenoxy) is 2. The zero-order valence-electron chi connectivity index (χ0n) is 15.5. The molecule has 0 unspecified atom stereocenters. The lowest BCUT2D eigenvalue weighted by atomic mass is 10.1. The first-order valence-electron chi connectivity index (χ1n) is 9.08. The van der Waals surface area contributed by atoms with Crippen molar-refractivity contribution in [2.75, 3.05) is 31.0 Å². The van der Waals surface area contributed by atoms with Crippen molar-refractivity contribution in [3.63, 3.8) is 0 Å². The number of methoxy groups -OCH3 is 2. The Balaban J connectivity index is 1.54. The third-order valence-electron chi connectivity index (χ3n) is 5.08. The Kier molecular flexibility index (Phi) is 4.48. The molecule has 2 amide bonds. The van der Waals surface area contributed by atoms with Gasteiger partial charge in [-0.15, -0.1) is 0 Å². The van der Waals surface area contributed by atoms with E-state index < -0.39 is 0 Å². The van der Waals surface area contributed by atoms with Crippen LogP contribution in [0, 0.1) is 5.92 Å². The molecule has 0 atom stereocenters. The molecule has 0 spiro atoms. The van der Waals surface area contributed by atoms with Crippen molar-refractivity contribution in [2.45, 2.75) is 19.3 Å². The molecule has 1 aliphatic carbocycles. The second-order valence-electron chi connectivity index (χ2n) is 6.88. The largest absolute Gasteiger partial charge is 0.493 e. The number of benzene rings is 2. The number of hydrogen-bond donors (Lipinski definition) is 1. The number of nitrogens with zero attached hydrogens (tertiary/aromatic N) is 1. The SMILES string of the molecule is COc1ccc(C(=O)Nc2ccc3c(c2)N(C(=O)C2CC2)CC3)cc1OC. The zero-order chi connectivity index (χ0) is 19.0. The molecule has 1 saturated carbocycles. The fourth-order valence-corrected chi connectivity index (χ4v) is 3.42. The predicted molar refractivity (Wildman–Crippen MR) is 103 cm³/mol. The normalized spacial score (nSPS) is 15.3. The number of hydrogen-bond acceptors (Lipinski definition) is 4. The van der Waals surface area contributed by atoms with Crippen molar-refractivity contribution in [3.05, 3.63) is 47.5 Å². The molecule has 4 rings (SSSR count). The second-order valence-corrected chi connectivity index (χ2v) is 6.88. The van der Waals surface area contributed by atoms with Crippen LogP contribution in [-0.2, 0) is 11.2 Å². The van der Waals surface area contributed by atoms with Crippen LogP contribution in [0.5, 0.6) is 11.5 Å². The lowest BCUT2D eigenvalue weighted by Gasteiger charge is -2.18. The summed E-state index contributed by atoms with van der Waals surface area (Å²) < 4.78 is 10.5. The summed E-state index contributed by atoms with van der Waals surface area (Å²) in [7, 11) is 3.09. The number of rotatable bonds is 5. The van der Waals surface area contributed by atoms with Crippen LogP contribution in [0.4, 0.5) is 11.4 Å². The molecular formula is C21H22N2O4. The average molecular weight is 366 g/mol. The zero-order valence-corrected chi connectivity index (χ0v) is 15.5. The molecule has 1 heterocycles. The number of amides is 2. The molecule has 2 aromatic rings. The minimum Gasteiger partial charge on any atom is -0.493 e. The summed E-state index contributed by atoms with van der Waals surface area (Å²) in [5.41, 5.74) is 3.20. The molecule has 6 heteroatoms. The third-order valence-corrected chi connectivity index (χ3v) is 5.08. The molecule has 2 aromatic carbocycles. The lowest BCUT2D eigenvalue weighted by molar-refractivity contribution is -0.119. The second kappa shape index (κ2) is 6.95. The molecule has 1 N–H and O–H groups in total. The predicted octanol–water partition coefficient (Wildman–Crippen LogP) is 3.26. The highest BCUT2D eigenvalue weighted by molar-refractivity contribution is 6.05. The van der Waals surface area contributed by atoms with Gasteiger partial charge < -0.3 is 19.7 Å². The molecule has 140 valence electrons. The fourth-order valence-electron chi connectivity index (χ4n) is 3.42. The molecule has 0 radical (unpaired) electrons. The van der Waals surface area contributed by atoms with E-state index in [1.807, 2.05) is 23.1 Å². The molecule has 0 bridgehead atoms. The maximum atomic E-state index is 12.6. The topological polar surface area (TPSA) is 67.9 Å². The average Bonchev–Trinajstić information content (AvgIpc) is 3.46. The molecule has 0 saturated heterocycles. The van der Waals surface area contributed by atoms with Gasteiger partial charge in [-0.1, -0.05) is 6.07 Å². The standard InChI is InChI=1S/C21H22N2O4/c1-26-18-8-6-15(11-19(18)27-2)20(24)22-16-7-5-13-9-10-23(17(13)12-16)21(25)14-3-4-14/h5-8,11-12,14H,3-4,9-10H2,1-2H3,(H,22,24). The Bertz CT molecular complexity index is 905. The van der Waals surface area contributed by atoms with Gasteiger partial charge in [0, 0.05) is 29.4 Å². The molecule has 6 nitrogen and oxygen atoms in total. The number of fused-ring (bicyclic) bond motifs is 1. The van der Waals surface area contributed by atoms with Crippen LogP contribution < -0.4 is 19.7 Å². The summed E-state index contributed by atoms with van der Waals surface area (Å²) in [4.78, 5) is 27.0. The van der Waals surface area contributed by atoms with Gasteiger partial charge in [0.2, 0.25) is 5.91 Å². The van der Waals surface area contributed by atoms with Crippen molar-refractivity contribution in [2.24, 2.45) is 5.92 Å². The van der Waals surface area contributed by atoms with Crippen LogP contribution in [0.3, 0.4) is 0 Å². The maximum absolute atomic E-state index is 12.6. The van der Waals surface area contributed by atoms with E-state index in [4.69, 9.17) is 9.47 Å². The van der Waals surface area contributed by atoms with Crippen molar-refractivity contribution >= 4 is 23.2 Å². The van der Waals surface area contributed by atoms with E-state index in [9.17, 15) is 9.59 Å². The van der Waals surface area contributed by atoms with Crippen LogP contribution in [0.15, 0.2) is 36.4 Å². The van der Waals surface area contributed by atoms with Gasteiger partial charge in [0.15, 0.2) is 11.5 Å². The Labute approximate surface area is 158 Å². The van der Waals surface area contributed by atoms with Crippen molar-refractivity contribution in [1.82, 2.24) is 0 Å². The van der Waals surface area contributed by atoms with Gasteiger partial charge in [-0.05, 0) is 55.2 Å². The van der Waals surface area contributed by atoms with E-state index in [2.05, 4.69) is 5.32 Å². The van der Waals surface area contributed by atoms with Crippen LogP contribution in [0.1, 0.15) is 28.8 Å². The molecule has 27 heavy (non-hydrogen) atoms. The van der Waals surface area contributed by atoms with Gasteiger partial charge in [-0.2, -0.15) is 0 Å². The molecule has 1 fully saturated rings. The van der Waals surface area contributed by atoms with Gasteiger partial charge in [0.1, 0.15) is 0 Å². The smallest absolute Gasteiger partial charge is 0.255 e. The van der Waals surface area contributed by atoms with E-state index in [0.717, 1.165) is 37.1 Å². The Morgan fingerprint density at radius 1 is 1.04 bits per heavy atom. The van der Waals surface area contributed by atoms with Crippen LogP contribution in [-0.4, -0.2) is 32.6 Å². The van der Waals surface area contributed by atoms with E-state index in [0.29, 0.717) is 22.7 Å². The lowest BCUT2D eigenvalue weighted by Crippen LogP contribution is -2.30. The Morgan fingerprint density at radius 3 is 2.52 bits per heavy atom. The van der Waals surface area contributed by atoms with Gasteiger partial charge in [0.05, 0.1) is 14.2 Å². The van der Waals surface area contributed by atoms with Crippen LogP contribution >= 0.6 is 0 Å². The van der Waals surface area contributed by atoms with Crippen molar-refractivity contribution in [1.29, 1.82) is 0 Å².